The summed E-state index contributed by atoms with van der Waals surface area (Å²) in [5.74, 6) is -0.497. The zero-order chi connectivity index (χ0) is 20.5. The highest BCUT2D eigenvalue weighted by molar-refractivity contribution is 7.20. The molecule has 8 heteroatoms. The number of aromatic hydroxyl groups is 2. The van der Waals surface area contributed by atoms with Crippen LogP contribution in [-0.4, -0.2) is 32.4 Å². The lowest BCUT2D eigenvalue weighted by Gasteiger charge is -2.06. The molecule has 0 fully saturated rings. The Balaban J connectivity index is 1.52. The van der Waals surface area contributed by atoms with Crippen molar-refractivity contribution in [1.29, 1.82) is 0 Å². The molecule has 2 aromatic heterocycles. The zero-order valence-corrected chi connectivity index (χ0v) is 17.1. The number of para-hydroxylation sites is 1. The number of hydrogen-bond donors (Lipinski definition) is 3. The van der Waals surface area contributed by atoms with E-state index in [1.54, 1.807) is 10.7 Å². The van der Waals surface area contributed by atoms with Crippen LogP contribution in [0.5, 0.6) is 11.5 Å². The molecule has 0 saturated heterocycles. The van der Waals surface area contributed by atoms with Crippen molar-refractivity contribution in [2.24, 2.45) is 0 Å². The molecule has 0 saturated carbocycles. The van der Waals surface area contributed by atoms with Crippen molar-refractivity contribution in [2.45, 2.75) is 13.3 Å². The first-order valence-corrected chi connectivity index (χ1v) is 10.2. The van der Waals surface area contributed by atoms with Crippen LogP contribution in [0.4, 0.5) is 0 Å². The molecule has 0 atom stereocenters. The van der Waals surface area contributed by atoms with Gasteiger partial charge >= 0.3 is 0 Å². The molecular weight excluding hydrogens is 410 g/mol. The number of thiophene rings is 1. The maximum absolute atomic E-state index is 12.6. The molecule has 4 aromatic rings. The number of nitrogens with one attached hydrogen (secondary N) is 1. The average molecular weight is 428 g/mol. The summed E-state index contributed by atoms with van der Waals surface area (Å²) in [5.41, 5.74) is 2.42. The summed E-state index contributed by atoms with van der Waals surface area (Å²) in [7, 11) is 0. The molecule has 0 aliphatic rings. The van der Waals surface area contributed by atoms with Crippen molar-refractivity contribution >= 4 is 39.1 Å². The number of aryl methyl sites for hydroxylation is 1. The number of aromatic nitrogens is 2. The second-order valence-corrected chi connectivity index (χ2v) is 8.04. The third-order valence-electron chi connectivity index (χ3n) is 4.59. The Morgan fingerprint density at radius 2 is 1.97 bits per heavy atom. The number of carbonyl (C=O) groups is 1. The van der Waals surface area contributed by atoms with Gasteiger partial charge in [0.2, 0.25) is 0 Å². The van der Waals surface area contributed by atoms with Crippen molar-refractivity contribution < 1.29 is 15.0 Å². The molecule has 0 aliphatic heterocycles. The number of hydrogen-bond acceptors (Lipinski definition) is 5. The predicted octanol–water partition coefficient (Wildman–Crippen LogP) is 4.43. The number of phenols is 2. The minimum Gasteiger partial charge on any atom is -0.504 e. The van der Waals surface area contributed by atoms with E-state index in [0.29, 0.717) is 22.9 Å². The third kappa shape index (κ3) is 3.79. The van der Waals surface area contributed by atoms with E-state index >= 15 is 0 Å². The van der Waals surface area contributed by atoms with E-state index in [0.717, 1.165) is 27.2 Å². The van der Waals surface area contributed by atoms with E-state index in [9.17, 15) is 15.0 Å². The van der Waals surface area contributed by atoms with Crippen LogP contribution in [0.3, 0.4) is 0 Å². The fourth-order valence-electron chi connectivity index (χ4n) is 3.08. The van der Waals surface area contributed by atoms with Gasteiger partial charge in [-0.1, -0.05) is 29.8 Å². The van der Waals surface area contributed by atoms with Crippen molar-refractivity contribution in [3.8, 4) is 17.2 Å². The van der Waals surface area contributed by atoms with Gasteiger partial charge < -0.3 is 15.5 Å². The number of rotatable bonds is 5. The van der Waals surface area contributed by atoms with Crippen LogP contribution in [0, 0.1) is 6.92 Å². The van der Waals surface area contributed by atoms with Crippen molar-refractivity contribution in [3.63, 3.8) is 0 Å². The molecular formula is C21H18ClN3O3S. The SMILES string of the molecule is Cc1nn(-c2ccccc2Cl)c2sc(C(=O)NCCc3ccc(O)c(O)c3)cc12. The molecule has 148 valence electrons. The van der Waals surface area contributed by atoms with Crippen LogP contribution in [0.1, 0.15) is 20.9 Å². The summed E-state index contributed by atoms with van der Waals surface area (Å²) in [4.78, 5) is 14.1. The molecule has 0 radical (unpaired) electrons. The van der Waals surface area contributed by atoms with E-state index in [4.69, 9.17) is 11.6 Å². The van der Waals surface area contributed by atoms with Crippen molar-refractivity contribution in [1.82, 2.24) is 15.1 Å². The number of phenolic OH excluding ortho intramolecular Hbond substituents is 2. The number of carbonyl (C=O) groups excluding carboxylic acids is 1. The standard InChI is InChI=1S/C21H18ClN3O3S/c1-12-14-11-19(20(28)23-9-8-13-6-7-17(26)18(27)10-13)29-21(14)25(24-12)16-5-3-2-4-15(16)22/h2-7,10-11,26-27H,8-9H2,1H3,(H,23,28). The second-order valence-electron chi connectivity index (χ2n) is 6.61. The summed E-state index contributed by atoms with van der Waals surface area (Å²) in [6, 6.07) is 13.9. The van der Waals surface area contributed by atoms with Crippen LogP contribution in [0.15, 0.2) is 48.5 Å². The zero-order valence-electron chi connectivity index (χ0n) is 15.5. The molecule has 4 rings (SSSR count). The Bertz CT molecular complexity index is 1220. The number of nitrogens with zero attached hydrogens (tertiary/aromatic N) is 2. The third-order valence-corrected chi connectivity index (χ3v) is 6.02. The van der Waals surface area contributed by atoms with E-state index in [2.05, 4.69) is 10.4 Å². The molecule has 0 spiro atoms. The maximum atomic E-state index is 12.6. The Morgan fingerprint density at radius 1 is 1.17 bits per heavy atom. The van der Waals surface area contributed by atoms with E-state index in [1.807, 2.05) is 37.3 Å². The summed E-state index contributed by atoms with van der Waals surface area (Å²) in [5, 5.41) is 27.9. The Labute approximate surface area is 176 Å². The van der Waals surface area contributed by atoms with Gasteiger partial charge in [-0.15, -0.1) is 11.3 Å². The lowest BCUT2D eigenvalue weighted by Crippen LogP contribution is -2.24. The molecule has 0 bridgehead atoms. The molecule has 1 amide bonds. The second kappa shape index (κ2) is 7.77. The van der Waals surface area contributed by atoms with Crippen LogP contribution < -0.4 is 5.32 Å². The summed E-state index contributed by atoms with van der Waals surface area (Å²) in [6.45, 7) is 2.31. The smallest absolute Gasteiger partial charge is 0.261 e. The normalized spacial score (nSPS) is 11.1. The fourth-order valence-corrected chi connectivity index (χ4v) is 4.39. The van der Waals surface area contributed by atoms with Gasteiger partial charge in [0.05, 0.1) is 21.3 Å². The van der Waals surface area contributed by atoms with E-state index < -0.39 is 0 Å². The molecule has 2 heterocycles. The highest BCUT2D eigenvalue weighted by Gasteiger charge is 2.18. The lowest BCUT2D eigenvalue weighted by molar-refractivity contribution is 0.0958. The van der Waals surface area contributed by atoms with Gasteiger partial charge in [-0.25, -0.2) is 4.68 Å². The summed E-state index contributed by atoms with van der Waals surface area (Å²) in [6.07, 6.45) is 0.539. The summed E-state index contributed by atoms with van der Waals surface area (Å²) < 4.78 is 1.77. The van der Waals surface area contributed by atoms with Gasteiger partial charge in [-0.05, 0) is 49.2 Å². The quantitative estimate of drug-likeness (QED) is 0.411. The highest BCUT2D eigenvalue weighted by Crippen LogP contribution is 2.32. The molecule has 6 nitrogen and oxygen atoms in total. The Hall–Kier alpha value is -3.03. The van der Waals surface area contributed by atoms with E-state index in [1.165, 1.54) is 23.5 Å². The van der Waals surface area contributed by atoms with Gasteiger partial charge in [0, 0.05) is 11.9 Å². The highest BCUT2D eigenvalue weighted by atomic mass is 35.5. The maximum Gasteiger partial charge on any atom is 0.261 e. The molecule has 0 unspecified atom stereocenters. The van der Waals surface area contributed by atoms with Gasteiger partial charge in [0.25, 0.3) is 5.91 Å². The van der Waals surface area contributed by atoms with Crippen LogP contribution in [-0.2, 0) is 6.42 Å². The monoisotopic (exact) mass is 427 g/mol. The van der Waals surface area contributed by atoms with Crippen molar-refractivity contribution in [3.05, 3.63) is 69.7 Å². The van der Waals surface area contributed by atoms with Gasteiger partial charge in [-0.3, -0.25) is 4.79 Å². The van der Waals surface area contributed by atoms with Crippen LogP contribution in [0.25, 0.3) is 15.9 Å². The first kappa shape index (κ1) is 19.3. The Morgan fingerprint density at radius 3 is 2.72 bits per heavy atom. The average Bonchev–Trinajstić information content (AvgIpc) is 3.26. The molecule has 29 heavy (non-hydrogen) atoms. The molecule has 0 aliphatic carbocycles. The largest absolute Gasteiger partial charge is 0.504 e. The number of amides is 1. The number of fused-ring (bicyclic) bond motifs is 1. The number of benzene rings is 2. The van der Waals surface area contributed by atoms with Gasteiger partial charge in [-0.2, -0.15) is 5.10 Å². The van der Waals surface area contributed by atoms with E-state index in [-0.39, 0.29) is 17.4 Å². The van der Waals surface area contributed by atoms with Crippen LogP contribution >= 0.6 is 22.9 Å². The van der Waals surface area contributed by atoms with Crippen LogP contribution in [0.2, 0.25) is 5.02 Å². The number of halogens is 1. The van der Waals surface area contributed by atoms with Crippen molar-refractivity contribution in [2.75, 3.05) is 6.54 Å². The topological polar surface area (TPSA) is 87.4 Å². The lowest BCUT2D eigenvalue weighted by atomic mass is 10.1. The predicted molar refractivity (Wildman–Crippen MR) is 115 cm³/mol. The minimum atomic E-state index is -0.169. The Kier molecular flexibility index (Phi) is 5.17. The first-order chi connectivity index (χ1) is 13.9. The fraction of sp³-hybridized carbons (Fsp3) is 0.143. The van der Waals surface area contributed by atoms with Gasteiger partial charge in [0.1, 0.15) is 4.83 Å². The molecule has 3 N–H and O–H groups in total. The van der Waals surface area contributed by atoms with Gasteiger partial charge in [0.15, 0.2) is 11.5 Å². The first-order valence-electron chi connectivity index (χ1n) is 8.97. The summed E-state index contributed by atoms with van der Waals surface area (Å²) >= 11 is 7.68. The minimum absolute atomic E-state index is 0.161. The molecule has 2 aromatic carbocycles.